The zero-order valence-corrected chi connectivity index (χ0v) is 12.1. The number of halogens is 1. The summed E-state index contributed by atoms with van der Waals surface area (Å²) in [6.07, 6.45) is 1.30. The van der Waals surface area contributed by atoms with Gasteiger partial charge in [0.2, 0.25) is 5.88 Å². The van der Waals surface area contributed by atoms with Crippen molar-refractivity contribution in [3.8, 4) is 17.0 Å². The van der Waals surface area contributed by atoms with Crippen LogP contribution < -0.4 is 10.5 Å². The van der Waals surface area contributed by atoms with Gasteiger partial charge in [0.05, 0.1) is 19.3 Å². The Hall–Kier alpha value is -1.98. The monoisotopic (exact) mass is 290 g/mol. The van der Waals surface area contributed by atoms with Gasteiger partial charge in [-0.3, -0.25) is 0 Å². The van der Waals surface area contributed by atoms with Crippen molar-refractivity contribution < 1.29 is 13.9 Å². The van der Waals surface area contributed by atoms with E-state index in [9.17, 15) is 4.39 Å². The molecule has 0 radical (unpaired) electrons. The molecule has 0 bridgehead atoms. The zero-order chi connectivity index (χ0) is 15.2. The molecule has 4 nitrogen and oxygen atoms in total. The van der Waals surface area contributed by atoms with Gasteiger partial charge in [0, 0.05) is 24.9 Å². The topological polar surface area (TPSA) is 57.4 Å². The van der Waals surface area contributed by atoms with Gasteiger partial charge < -0.3 is 15.2 Å². The third-order valence-electron chi connectivity index (χ3n) is 3.34. The summed E-state index contributed by atoms with van der Waals surface area (Å²) >= 11 is 0. The first-order valence-electron chi connectivity index (χ1n) is 6.64. The van der Waals surface area contributed by atoms with Gasteiger partial charge in [-0.15, -0.1) is 0 Å². The van der Waals surface area contributed by atoms with Gasteiger partial charge >= 0.3 is 0 Å². The summed E-state index contributed by atoms with van der Waals surface area (Å²) < 4.78 is 23.0. The van der Waals surface area contributed by atoms with Gasteiger partial charge in [0.15, 0.2) is 0 Å². The summed E-state index contributed by atoms with van der Waals surface area (Å²) in [5.41, 5.74) is 8.56. The molecule has 2 N–H and O–H groups in total. The van der Waals surface area contributed by atoms with Gasteiger partial charge in [-0.2, -0.15) is 0 Å². The second-order valence-corrected chi connectivity index (χ2v) is 4.69. The molecule has 112 valence electrons. The van der Waals surface area contributed by atoms with Gasteiger partial charge in [-0.05, 0) is 17.2 Å². The molecule has 0 amide bonds. The first-order valence-corrected chi connectivity index (χ1v) is 6.64. The van der Waals surface area contributed by atoms with E-state index >= 15 is 0 Å². The standard InChI is InChI=1S/C16H19FN2O2/c1-20-15-8-7-13(10-19-15)11-3-5-12(6-4-11)16(21-2)14(18)9-17/h3-8,10,14,16H,9,18H2,1-2H3/t14-,16-/m1/s1. The summed E-state index contributed by atoms with van der Waals surface area (Å²) in [6, 6.07) is 10.7. The number of ether oxygens (including phenoxy) is 2. The number of hydrogen-bond acceptors (Lipinski definition) is 4. The Morgan fingerprint density at radius 3 is 2.24 bits per heavy atom. The lowest BCUT2D eigenvalue weighted by molar-refractivity contribution is 0.0721. The van der Waals surface area contributed by atoms with Crippen molar-refractivity contribution in [3.05, 3.63) is 48.2 Å². The van der Waals surface area contributed by atoms with E-state index in [4.69, 9.17) is 15.2 Å². The maximum Gasteiger partial charge on any atom is 0.212 e. The highest BCUT2D eigenvalue weighted by atomic mass is 19.1. The molecule has 0 aliphatic rings. The van der Waals surface area contributed by atoms with Crippen LogP contribution >= 0.6 is 0 Å². The number of pyridine rings is 1. The van der Waals surface area contributed by atoms with Crippen LogP contribution in [-0.4, -0.2) is 31.9 Å². The summed E-state index contributed by atoms with van der Waals surface area (Å²) in [7, 11) is 3.11. The molecule has 5 heteroatoms. The van der Waals surface area contributed by atoms with Crippen molar-refractivity contribution in [3.63, 3.8) is 0 Å². The fourth-order valence-corrected chi connectivity index (χ4v) is 2.18. The van der Waals surface area contributed by atoms with Crippen LogP contribution in [-0.2, 0) is 4.74 Å². The summed E-state index contributed by atoms with van der Waals surface area (Å²) in [5.74, 6) is 0.573. The summed E-state index contributed by atoms with van der Waals surface area (Å²) in [5, 5.41) is 0. The number of rotatable bonds is 6. The third kappa shape index (κ3) is 3.56. The van der Waals surface area contributed by atoms with Crippen LogP contribution in [0.15, 0.2) is 42.6 Å². The van der Waals surface area contributed by atoms with E-state index in [1.165, 1.54) is 7.11 Å². The van der Waals surface area contributed by atoms with Gasteiger partial charge in [0.1, 0.15) is 6.67 Å². The van der Waals surface area contributed by atoms with Crippen LogP contribution in [0.1, 0.15) is 11.7 Å². The van der Waals surface area contributed by atoms with E-state index in [1.807, 2.05) is 30.3 Å². The first kappa shape index (κ1) is 15.4. The highest BCUT2D eigenvalue weighted by molar-refractivity contribution is 5.63. The van der Waals surface area contributed by atoms with Crippen LogP contribution in [0.4, 0.5) is 4.39 Å². The first-order chi connectivity index (χ1) is 10.2. The van der Waals surface area contributed by atoms with E-state index in [0.717, 1.165) is 16.7 Å². The molecule has 2 atom stereocenters. The molecule has 21 heavy (non-hydrogen) atoms. The Bertz CT molecular complexity index is 557. The highest BCUT2D eigenvalue weighted by Gasteiger charge is 2.19. The maximum atomic E-state index is 12.7. The minimum Gasteiger partial charge on any atom is -0.481 e. The van der Waals surface area contributed by atoms with Gasteiger partial charge in [0.25, 0.3) is 0 Å². The molecule has 0 saturated carbocycles. The quantitative estimate of drug-likeness (QED) is 0.888. The number of aromatic nitrogens is 1. The van der Waals surface area contributed by atoms with Crippen LogP contribution in [0.5, 0.6) is 5.88 Å². The van der Waals surface area contributed by atoms with Crippen molar-refractivity contribution >= 4 is 0 Å². The Morgan fingerprint density at radius 2 is 1.76 bits per heavy atom. The molecule has 2 rings (SSSR count). The number of alkyl halides is 1. The molecule has 0 fully saturated rings. The predicted molar refractivity (Wildman–Crippen MR) is 79.9 cm³/mol. The van der Waals surface area contributed by atoms with Gasteiger partial charge in [-0.25, -0.2) is 9.37 Å². The maximum absolute atomic E-state index is 12.7. The van der Waals surface area contributed by atoms with Crippen LogP contribution in [0.2, 0.25) is 0 Å². The zero-order valence-electron chi connectivity index (χ0n) is 12.1. The average molecular weight is 290 g/mol. The number of hydrogen-bond donors (Lipinski definition) is 1. The van der Waals surface area contributed by atoms with E-state index in [2.05, 4.69) is 4.98 Å². The molecular formula is C16H19FN2O2. The highest BCUT2D eigenvalue weighted by Crippen LogP contribution is 2.25. The summed E-state index contributed by atoms with van der Waals surface area (Å²) in [4.78, 5) is 4.17. The minimum atomic E-state index is -0.663. The predicted octanol–water partition coefficient (Wildman–Crippen LogP) is 2.74. The largest absolute Gasteiger partial charge is 0.481 e. The van der Waals surface area contributed by atoms with Crippen molar-refractivity contribution in [2.45, 2.75) is 12.1 Å². The number of nitrogens with zero attached hydrogens (tertiary/aromatic N) is 1. The van der Waals surface area contributed by atoms with Crippen molar-refractivity contribution in [1.29, 1.82) is 0 Å². The molecule has 0 spiro atoms. The van der Waals surface area contributed by atoms with E-state index in [1.54, 1.807) is 19.4 Å². The lowest BCUT2D eigenvalue weighted by atomic mass is 10.00. The van der Waals surface area contributed by atoms with Gasteiger partial charge in [-0.1, -0.05) is 24.3 Å². The van der Waals surface area contributed by atoms with Crippen LogP contribution in [0.3, 0.4) is 0 Å². The number of methoxy groups -OCH3 is 2. The third-order valence-corrected chi connectivity index (χ3v) is 3.34. The van der Waals surface area contributed by atoms with Crippen LogP contribution in [0.25, 0.3) is 11.1 Å². The second-order valence-electron chi connectivity index (χ2n) is 4.69. The second kappa shape index (κ2) is 7.15. The van der Waals surface area contributed by atoms with E-state index in [-0.39, 0.29) is 0 Å². The Balaban J connectivity index is 2.21. The number of nitrogens with two attached hydrogens (primary N) is 1. The molecule has 2 aromatic rings. The fraction of sp³-hybridized carbons (Fsp3) is 0.312. The number of benzene rings is 1. The van der Waals surface area contributed by atoms with E-state index in [0.29, 0.717) is 5.88 Å². The van der Waals surface area contributed by atoms with Crippen molar-refractivity contribution in [1.82, 2.24) is 4.98 Å². The summed E-state index contributed by atoms with van der Waals surface area (Å²) in [6.45, 7) is -0.622. The normalized spacial score (nSPS) is 13.7. The Morgan fingerprint density at radius 1 is 1.10 bits per heavy atom. The van der Waals surface area contributed by atoms with Crippen molar-refractivity contribution in [2.24, 2.45) is 5.73 Å². The minimum absolute atomic E-state index is 0.446. The SMILES string of the molecule is COc1ccc(-c2ccc([C@@H](OC)[C@H](N)CF)cc2)cn1. The molecule has 0 unspecified atom stereocenters. The molecule has 1 aromatic carbocycles. The smallest absolute Gasteiger partial charge is 0.212 e. The molecule has 0 aliphatic carbocycles. The molecule has 1 heterocycles. The van der Waals surface area contributed by atoms with Crippen molar-refractivity contribution in [2.75, 3.05) is 20.9 Å². The Labute approximate surface area is 123 Å². The molecule has 0 aliphatic heterocycles. The van der Waals surface area contributed by atoms with E-state index < -0.39 is 18.8 Å². The molecule has 1 aromatic heterocycles. The molecular weight excluding hydrogens is 271 g/mol. The lowest BCUT2D eigenvalue weighted by Gasteiger charge is -2.20. The molecule has 0 saturated heterocycles. The fourth-order valence-electron chi connectivity index (χ4n) is 2.18. The lowest BCUT2D eigenvalue weighted by Crippen LogP contribution is -2.31. The Kier molecular flexibility index (Phi) is 5.25. The average Bonchev–Trinajstić information content (AvgIpc) is 2.56. The van der Waals surface area contributed by atoms with Crippen LogP contribution in [0, 0.1) is 0 Å².